The summed E-state index contributed by atoms with van der Waals surface area (Å²) < 4.78 is 29.0. The summed E-state index contributed by atoms with van der Waals surface area (Å²) in [6, 6.07) is 11.9. The van der Waals surface area contributed by atoms with Crippen molar-refractivity contribution in [1.29, 1.82) is 0 Å². The minimum atomic E-state index is -3.18. The first-order chi connectivity index (χ1) is 10.6. The molecule has 126 valence electrons. The molecule has 0 aliphatic carbocycles. The quantitative estimate of drug-likeness (QED) is 0.897. The molecule has 1 aliphatic rings. The van der Waals surface area contributed by atoms with Crippen LogP contribution in [0.1, 0.15) is 11.6 Å². The molecule has 23 heavy (non-hydrogen) atoms. The maximum absolute atomic E-state index is 14.5. The highest BCUT2D eigenvalue weighted by Crippen LogP contribution is 2.39. The minimum absolute atomic E-state index is 0. The molecule has 0 unspecified atom stereocenters. The fourth-order valence-corrected chi connectivity index (χ4v) is 3.21. The number of aliphatic hydroxyl groups is 1. The van der Waals surface area contributed by atoms with E-state index >= 15 is 0 Å². The van der Waals surface area contributed by atoms with Crippen molar-refractivity contribution in [3.63, 3.8) is 0 Å². The van der Waals surface area contributed by atoms with Gasteiger partial charge in [0, 0.05) is 26.2 Å². The Morgan fingerprint density at radius 2 is 1.74 bits per heavy atom. The van der Waals surface area contributed by atoms with E-state index in [1.54, 1.807) is 17.0 Å². The molecule has 2 N–H and O–H groups in total. The van der Waals surface area contributed by atoms with Crippen LogP contribution in [0.25, 0.3) is 10.8 Å². The number of fused-ring (bicyclic) bond motifs is 1. The zero-order valence-corrected chi connectivity index (χ0v) is 13.5. The van der Waals surface area contributed by atoms with Crippen LogP contribution >= 0.6 is 12.4 Å². The van der Waals surface area contributed by atoms with Crippen molar-refractivity contribution >= 4 is 23.2 Å². The zero-order valence-electron chi connectivity index (χ0n) is 12.7. The minimum Gasteiger partial charge on any atom is -0.390 e. The molecule has 0 bridgehead atoms. The number of alkyl halides is 2. The third-order valence-corrected chi connectivity index (χ3v) is 4.25. The molecule has 1 fully saturated rings. The first kappa shape index (κ1) is 18.1. The Bertz CT molecular complexity index is 642. The van der Waals surface area contributed by atoms with Crippen molar-refractivity contribution in [3.05, 3.63) is 48.0 Å². The Hall–Kier alpha value is -1.27. The molecule has 6 heteroatoms. The lowest BCUT2D eigenvalue weighted by molar-refractivity contribution is -0.118. The van der Waals surface area contributed by atoms with Gasteiger partial charge in [0.25, 0.3) is 5.92 Å². The zero-order chi connectivity index (χ0) is 15.6. The van der Waals surface area contributed by atoms with Crippen LogP contribution in [-0.2, 0) is 0 Å². The third kappa shape index (κ3) is 3.63. The fourth-order valence-electron chi connectivity index (χ4n) is 3.21. The third-order valence-electron chi connectivity index (χ3n) is 4.25. The van der Waals surface area contributed by atoms with Gasteiger partial charge in [-0.25, -0.2) is 8.78 Å². The summed E-state index contributed by atoms with van der Waals surface area (Å²) >= 11 is 0. The Labute approximate surface area is 140 Å². The van der Waals surface area contributed by atoms with E-state index < -0.39 is 18.6 Å². The smallest absolute Gasteiger partial charge is 0.289 e. The van der Waals surface area contributed by atoms with Crippen LogP contribution < -0.4 is 5.32 Å². The highest BCUT2D eigenvalue weighted by Gasteiger charge is 2.44. The molecule has 0 amide bonds. The topological polar surface area (TPSA) is 35.5 Å². The maximum Gasteiger partial charge on any atom is 0.289 e. The van der Waals surface area contributed by atoms with Crippen LogP contribution in [0.2, 0.25) is 0 Å². The van der Waals surface area contributed by atoms with Gasteiger partial charge in [-0.2, -0.15) is 0 Å². The van der Waals surface area contributed by atoms with E-state index in [1.807, 2.05) is 30.3 Å². The average Bonchev–Trinajstić information content (AvgIpc) is 2.56. The van der Waals surface area contributed by atoms with Crippen molar-refractivity contribution in [2.45, 2.75) is 12.0 Å². The lowest BCUT2D eigenvalue weighted by Crippen LogP contribution is -2.51. The largest absolute Gasteiger partial charge is 0.390 e. The number of hydrogen-bond donors (Lipinski definition) is 2. The number of nitrogens with one attached hydrogen (secondary N) is 1. The summed E-state index contributed by atoms with van der Waals surface area (Å²) in [5.74, 6) is -3.18. The normalized spacial score (nSPS) is 17.7. The summed E-state index contributed by atoms with van der Waals surface area (Å²) in [5.41, 5.74) is 0.582. The van der Waals surface area contributed by atoms with Crippen LogP contribution in [0.3, 0.4) is 0 Å². The number of rotatable bonds is 4. The molecular formula is C17H21ClF2N2O. The van der Waals surface area contributed by atoms with Gasteiger partial charge in [-0.05, 0) is 16.3 Å². The summed E-state index contributed by atoms with van der Waals surface area (Å²) in [5, 5.41) is 14.2. The van der Waals surface area contributed by atoms with Crippen molar-refractivity contribution in [3.8, 4) is 0 Å². The van der Waals surface area contributed by atoms with E-state index in [-0.39, 0.29) is 12.4 Å². The van der Waals surface area contributed by atoms with Crippen LogP contribution in [0.15, 0.2) is 42.5 Å². The molecule has 3 nitrogen and oxygen atoms in total. The molecule has 0 aromatic heterocycles. The molecule has 3 rings (SSSR count). The second kappa shape index (κ2) is 7.53. The van der Waals surface area contributed by atoms with Gasteiger partial charge >= 0.3 is 0 Å². The van der Waals surface area contributed by atoms with E-state index in [1.165, 1.54) is 0 Å². The van der Waals surface area contributed by atoms with Gasteiger partial charge in [0.1, 0.15) is 12.6 Å². The predicted molar refractivity (Wildman–Crippen MR) is 90.4 cm³/mol. The lowest BCUT2D eigenvalue weighted by atomic mass is 9.93. The van der Waals surface area contributed by atoms with E-state index in [4.69, 9.17) is 0 Å². The van der Waals surface area contributed by atoms with E-state index in [0.717, 1.165) is 10.8 Å². The van der Waals surface area contributed by atoms with Gasteiger partial charge in [0.05, 0.1) is 0 Å². The van der Waals surface area contributed by atoms with Gasteiger partial charge in [-0.15, -0.1) is 12.4 Å². The van der Waals surface area contributed by atoms with E-state index in [2.05, 4.69) is 5.32 Å². The molecule has 0 saturated carbocycles. The summed E-state index contributed by atoms with van der Waals surface area (Å²) in [6.45, 7) is 1.31. The number of nitrogens with zero attached hydrogens (tertiary/aromatic N) is 1. The van der Waals surface area contributed by atoms with Crippen LogP contribution in [0.4, 0.5) is 8.78 Å². The average molecular weight is 343 g/mol. The molecule has 1 aliphatic heterocycles. The highest BCUT2D eigenvalue weighted by atomic mass is 35.5. The van der Waals surface area contributed by atoms with Crippen LogP contribution in [-0.4, -0.2) is 48.7 Å². The molecule has 2 aromatic carbocycles. The Balaban J connectivity index is 0.00000192. The van der Waals surface area contributed by atoms with Crippen molar-refractivity contribution < 1.29 is 13.9 Å². The van der Waals surface area contributed by atoms with E-state index in [0.29, 0.717) is 31.7 Å². The van der Waals surface area contributed by atoms with Crippen molar-refractivity contribution in [2.75, 3.05) is 32.8 Å². The molecule has 1 heterocycles. The molecule has 1 saturated heterocycles. The predicted octanol–water partition coefficient (Wildman–Crippen LogP) is 2.84. The summed E-state index contributed by atoms with van der Waals surface area (Å²) in [7, 11) is 0. The highest BCUT2D eigenvalue weighted by molar-refractivity contribution is 5.86. The lowest BCUT2D eigenvalue weighted by Gasteiger charge is -2.39. The van der Waals surface area contributed by atoms with Gasteiger partial charge in [-0.1, -0.05) is 42.5 Å². The Morgan fingerprint density at radius 3 is 2.43 bits per heavy atom. The molecule has 1 atom stereocenters. The molecule has 0 spiro atoms. The van der Waals surface area contributed by atoms with Crippen molar-refractivity contribution in [1.82, 2.24) is 10.2 Å². The van der Waals surface area contributed by atoms with E-state index in [9.17, 15) is 13.9 Å². The van der Waals surface area contributed by atoms with Gasteiger partial charge < -0.3 is 10.4 Å². The number of piperazine rings is 1. The van der Waals surface area contributed by atoms with Crippen LogP contribution in [0, 0.1) is 0 Å². The SMILES string of the molecule is Cl.OCC(F)(F)[C@@H](c1cccc2ccccc12)N1CCNCC1. The Kier molecular flexibility index (Phi) is 5.92. The van der Waals surface area contributed by atoms with Gasteiger partial charge in [0.15, 0.2) is 0 Å². The second-order valence-corrected chi connectivity index (χ2v) is 5.68. The monoisotopic (exact) mass is 342 g/mol. The van der Waals surface area contributed by atoms with Crippen LogP contribution in [0.5, 0.6) is 0 Å². The standard InChI is InChI=1S/C17H20F2N2O.ClH/c18-17(19,12-22)16(21-10-8-20-9-11-21)15-7-3-5-13-4-1-2-6-14(13)15;/h1-7,16,20,22H,8-12H2;1H/t16-;/m1./s1. The second-order valence-electron chi connectivity index (χ2n) is 5.68. The molecule has 0 radical (unpaired) electrons. The first-order valence-electron chi connectivity index (χ1n) is 7.54. The molecule has 2 aromatic rings. The van der Waals surface area contributed by atoms with Crippen molar-refractivity contribution in [2.24, 2.45) is 0 Å². The number of aliphatic hydroxyl groups excluding tert-OH is 1. The number of hydrogen-bond acceptors (Lipinski definition) is 3. The first-order valence-corrected chi connectivity index (χ1v) is 7.54. The van der Waals surface area contributed by atoms with Gasteiger partial charge in [-0.3, -0.25) is 4.90 Å². The molecular weight excluding hydrogens is 322 g/mol. The maximum atomic E-state index is 14.5. The number of benzene rings is 2. The summed E-state index contributed by atoms with van der Waals surface area (Å²) in [4.78, 5) is 1.77. The fraction of sp³-hybridized carbons (Fsp3) is 0.412. The number of halogens is 3. The Morgan fingerprint density at radius 1 is 1.09 bits per heavy atom. The van der Waals surface area contributed by atoms with Gasteiger partial charge in [0.2, 0.25) is 0 Å². The summed E-state index contributed by atoms with van der Waals surface area (Å²) in [6.07, 6.45) is 0.